The zero-order valence-electron chi connectivity index (χ0n) is 12.7. The number of rotatable bonds is 4. The molecule has 2 heterocycles. The third kappa shape index (κ3) is 2.70. The second-order valence-electron chi connectivity index (χ2n) is 5.67. The van der Waals surface area contributed by atoms with E-state index in [0.29, 0.717) is 18.6 Å². The van der Waals surface area contributed by atoms with Crippen LogP contribution in [0.3, 0.4) is 0 Å². The fraction of sp³-hybridized carbons (Fsp3) is 0.562. The van der Waals surface area contributed by atoms with Crippen molar-refractivity contribution in [2.24, 2.45) is 0 Å². The Hall–Kier alpha value is -1.75. The molecular weight excluding hydrogens is 266 g/mol. The molecule has 2 N–H and O–H groups in total. The van der Waals surface area contributed by atoms with Crippen LogP contribution in [0.25, 0.3) is 11.0 Å². The number of hydrogen-bond donors (Lipinski definition) is 1. The second-order valence-corrected chi connectivity index (χ2v) is 5.67. The van der Waals surface area contributed by atoms with Crippen LogP contribution < -0.4 is 10.5 Å². The van der Waals surface area contributed by atoms with E-state index in [2.05, 4.69) is 29.5 Å². The van der Waals surface area contributed by atoms with Crippen LogP contribution in [0.1, 0.15) is 39.2 Å². The number of nitrogens with two attached hydrogens (primary N) is 1. The number of anilines is 1. The summed E-state index contributed by atoms with van der Waals surface area (Å²) in [5.41, 5.74) is 8.10. The third-order valence-electron chi connectivity index (χ3n) is 3.99. The highest BCUT2D eigenvalue weighted by molar-refractivity contribution is 5.84. The van der Waals surface area contributed by atoms with E-state index in [1.54, 1.807) is 0 Å². The number of benzene rings is 1. The molecule has 2 atom stereocenters. The average Bonchev–Trinajstić information content (AvgIpc) is 2.81. The molecule has 3 rings (SSSR count). The summed E-state index contributed by atoms with van der Waals surface area (Å²) in [6, 6.07) is 6.38. The number of aromatic nitrogens is 2. The number of nitrogen functional groups attached to an aromatic ring is 1. The first-order valence-electron chi connectivity index (χ1n) is 7.71. The van der Waals surface area contributed by atoms with Crippen molar-refractivity contribution in [1.29, 1.82) is 0 Å². The predicted octanol–water partition coefficient (Wildman–Crippen LogP) is 3.15. The van der Waals surface area contributed by atoms with Gasteiger partial charge in [-0.3, -0.25) is 0 Å². The first-order chi connectivity index (χ1) is 10.2. The minimum Gasteiger partial charge on any atom is -0.491 e. The molecule has 1 aliphatic heterocycles. The molecule has 0 aliphatic carbocycles. The van der Waals surface area contributed by atoms with Gasteiger partial charge in [0.05, 0.1) is 18.2 Å². The third-order valence-corrected chi connectivity index (χ3v) is 3.99. The molecule has 1 fully saturated rings. The normalized spacial score (nSPS) is 22.6. The van der Waals surface area contributed by atoms with Crippen LogP contribution in [-0.2, 0) is 4.74 Å². The van der Waals surface area contributed by atoms with Crippen molar-refractivity contribution >= 4 is 17.0 Å². The van der Waals surface area contributed by atoms with E-state index in [0.717, 1.165) is 42.7 Å². The monoisotopic (exact) mass is 289 g/mol. The number of nitrogens with zero attached hydrogens (tertiary/aromatic N) is 2. The highest BCUT2D eigenvalue weighted by atomic mass is 16.5. The Morgan fingerprint density at radius 3 is 3.10 bits per heavy atom. The molecule has 2 unspecified atom stereocenters. The lowest BCUT2D eigenvalue weighted by Gasteiger charge is -2.29. The smallest absolute Gasteiger partial charge is 0.201 e. The summed E-state index contributed by atoms with van der Waals surface area (Å²) in [6.45, 7) is 5.67. The summed E-state index contributed by atoms with van der Waals surface area (Å²) in [5, 5.41) is 0. The fourth-order valence-electron chi connectivity index (χ4n) is 3.03. The van der Waals surface area contributed by atoms with Crippen LogP contribution in [0.5, 0.6) is 5.75 Å². The summed E-state index contributed by atoms with van der Waals surface area (Å²) in [5.74, 6) is 1.39. The Morgan fingerprint density at radius 1 is 1.48 bits per heavy atom. The van der Waals surface area contributed by atoms with E-state index in [1.807, 2.05) is 12.1 Å². The zero-order valence-corrected chi connectivity index (χ0v) is 12.7. The van der Waals surface area contributed by atoms with Crippen LogP contribution in [0.4, 0.5) is 5.95 Å². The van der Waals surface area contributed by atoms with Crippen molar-refractivity contribution < 1.29 is 9.47 Å². The summed E-state index contributed by atoms with van der Waals surface area (Å²) in [4.78, 5) is 4.54. The van der Waals surface area contributed by atoms with Gasteiger partial charge in [0.25, 0.3) is 0 Å². The van der Waals surface area contributed by atoms with Gasteiger partial charge in [-0.15, -0.1) is 0 Å². The maximum absolute atomic E-state index is 6.18. The number of para-hydroxylation sites is 1. The van der Waals surface area contributed by atoms with Crippen LogP contribution >= 0.6 is 0 Å². The average molecular weight is 289 g/mol. The second kappa shape index (κ2) is 5.93. The molecule has 5 nitrogen and oxygen atoms in total. The van der Waals surface area contributed by atoms with Gasteiger partial charge in [0.1, 0.15) is 11.3 Å². The Kier molecular flexibility index (Phi) is 4.01. The van der Waals surface area contributed by atoms with Crippen molar-refractivity contribution in [1.82, 2.24) is 9.55 Å². The molecule has 1 aromatic carbocycles. The highest BCUT2D eigenvalue weighted by Gasteiger charge is 2.25. The van der Waals surface area contributed by atoms with E-state index in [-0.39, 0.29) is 6.10 Å². The molecule has 114 valence electrons. The summed E-state index contributed by atoms with van der Waals surface area (Å²) < 4.78 is 13.6. The summed E-state index contributed by atoms with van der Waals surface area (Å²) in [6.07, 6.45) is 3.18. The molecule has 1 aromatic heterocycles. The molecule has 0 spiro atoms. The van der Waals surface area contributed by atoms with Gasteiger partial charge in [0.2, 0.25) is 5.95 Å². The van der Waals surface area contributed by atoms with Crippen molar-refractivity contribution in [2.45, 2.75) is 45.3 Å². The summed E-state index contributed by atoms with van der Waals surface area (Å²) >= 11 is 0. The number of imidazole rings is 1. The van der Waals surface area contributed by atoms with Crippen molar-refractivity contribution in [3.05, 3.63) is 18.2 Å². The summed E-state index contributed by atoms with van der Waals surface area (Å²) in [7, 11) is 0. The van der Waals surface area contributed by atoms with Gasteiger partial charge in [-0.2, -0.15) is 0 Å². The van der Waals surface area contributed by atoms with Gasteiger partial charge < -0.3 is 19.8 Å². The van der Waals surface area contributed by atoms with Crippen molar-refractivity contribution in [3.63, 3.8) is 0 Å². The van der Waals surface area contributed by atoms with Crippen molar-refractivity contribution in [2.75, 3.05) is 18.9 Å². The Balaban J connectivity index is 2.01. The molecule has 2 aromatic rings. The van der Waals surface area contributed by atoms with Crippen LogP contribution in [0, 0.1) is 0 Å². The van der Waals surface area contributed by atoms with Crippen LogP contribution in [-0.4, -0.2) is 28.9 Å². The van der Waals surface area contributed by atoms with E-state index in [9.17, 15) is 0 Å². The SMILES string of the molecule is CCCOc1cccc2c1nc(N)n2C1CCOC(C)C1. The van der Waals surface area contributed by atoms with Crippen LogP contribution in [0.2, 0.25) is 0 Å². The van der Waals surface area contributed by atoms with Gasteiger partial charge in [0, 0.05) is 12.6 Å². The first-order valence-corrected chi connectivity index (χ1v) is 7.71. The first kappa shape index (κ1) is 14.2. The minimum atomic E-state index is 0.264. The Bertz CT molecular complexity index is 623. The topological polar surface area (TPSA) is 62.3 Å². The zero-order chi connectivity index (χ0) is 14.8. The van der Waals surface area contributed by atoms with Crippen LogP contribution in [0.15, 0.2) is 18.2 Å². The molecule has 1 aliphatic rings. The molecule has 1 saturated heterocycles. The van der Waals surface area contributed by atoms with E-state index in [1.165, 1.54) is 0 Å². The quantitative estimate of drug-likeness (QED) is 0.939. The molecule has 0 saturated carbocycles. The predicted molar refractivity (Wildman–Crippen MR) is 83.6 cm³/mol. The van der Waals surface area contributed by atoms with Gasteiger partial charge >= 0.3 is 0 Å². The molecule has 0 amide bonds. The molecule has 0 radical (unpaired) electrons. The highest BCUT2D eigenvalue weighted by Crippen LogP contribution is 2.34. The number of hydrogen-bond acceptors (Lipinski definition) is 4. The lowest BCUT2D eigenvalue weighted by molar-refractivity contribution is 0.00714. The number of ether oxygens (including phenoxy) is 2. The molecule has 0 bridgehead atoms. The van der Waals surface area contributed by atoms with E-state index in [4.69, 9.17) is 15.2 Å². The molecule has 5 heteroatoms. The minimum absolute atomic E-state index is 0.264. The van der Waals surface area contributed by atoms with Crippen molar-refractivity contribution in [3.8, 4) is 5.75 Å². The maximum atomic E-state index is 6.18. The molecule has 21 heavy (non-hydrogen) atoms. The lowest BCUT2D eigenvalue weighted by Crippen LogP contribution is -2.26. The van der Waals surface area contributed by atoms with Gasteiger partial charge in [-0.05, 0) is 38.3 Å². The molecular formula is C16H23N3O2. The fourth-order valence-corrected chi connectivity index (χ4v) is 3.03. The number of fused-ring (bicyclic) bond motifs is 1. The van der Waals surface area contributed by atoms with Gasteiger partial charge in [-0.25, -0.2) is 4.98 Å². The maximum Gasteiger partial charge on any atom is 0.201 e. The van der Waals surface area contributed by atoms with Gasteiger partial charge in [-0.1, -0.05) is 13.0 Å². The Morgan fingerprint density at radius 2 is 2.33 bits per heavy atom. The van der Waals surface area contributed by atoms with Gasteiger partial charge in [0.15, 0.2) is 0 Å². The lowest BCUT2D eigenvalue weighted by atomic mass is 10.0. The standard InChI is InChI=1S/C16H23N3O2/c1-3-8-21-14-6-4-5-13-15(14)18-16(17)19(13)12-7-9-20-11(2)10-12/h4-6,11-12H,3,7-10H2,1-2H3,(H2,17,18). The van der Waals surface area contributed by atoms with E-state index >= 15 is 0 Å². The largest absolute Gasteiger partial charge is 0.491 e. The van der Waals surface area contributed by atoms with E-state index < -0.39 is 0 Å². The Labute approximate surface area is 125 Å².